The third kappa shape index (κ3) is 3.25. The van der Waals surface area contributed by atoms with E-state index in [0.29, 0.717) is 11.7 Å². The van der Waals surface area contributed by atoms with Gasteiger partial charge < -0.3 is 5.32 Å². The molecule has 0 spiro atoms. The largest absolute Gasteiger partial charge is 0.316 e. The Hall–Kier alpha value is -0.460. The van der Waals surface area contributed by atoms with Crippen LogP contribution >= 0.6 is 11.3 Å². The zero-order valence-corrected chi connectivity index (χ0v) is 9.98. The Kier molecular flexibility index (Phi) is 3.38. The highest BCUT2D eigenvalue weighted by molar-refractivity contribution is 7.90. The molecule has 0 radical (unpaired) electrons. The van der Waals surface area contributed by atoms with Crippen LogP contribution in [0.5, 0.6) is 0 Å². The number of hydrogen-bond acceptors (Lipinski definition) is 5. The summed E-state index contributed by atoms with van der Waals surface area (Å²) < 4.78 is 23.6. The van der Waals surface area contributed by atoms with Crippen molar-refractivity contribution in [1.29, 1.82) is 0 Å². The number of rotatable bonds is 4. The summed E-state index contributed by atoms with van der Waals surface area (Å²) in [6, 6.07) is 0. The normalized spacial score (nSPS) is 22.0. The van der Waals surface area contributed by atoms with E-state index in [1.54, 1.807) is 11.7 Å². The van der Waals surface area contributed by atoms with E-state index in [9.17, 15) is 8.42 Å². The van der Waals surface area contributed by atoms with Crippen LogP contribution in [0.4, 0.5) is 0 Å². The number of sulfone groups is 1. The first kappa shape index (κ1) is 11.0. The third-order valence-electron chi connectivity index (χ3n) is 2.50. The maximum atomic E-state index is 11.8. The minimum Gasteiger partial charge on any atom is -0.316 e. The van der Waals surface area contributed by atoms with Gasteiger partial charge in [-0.25, -0.2) is 8.42 Å². The van der Waals surface area contributed by atoms with Gasteiger partial charge in [-0.05, 0) is 25.4 Å². The van der Waals surface area contributed by atoms with Crippen LogP contribution < -0.4 is 5.32 Å². The highest BCUT2D eigenvalue weighted by Crippen LogP contribution is 2.16. The van der Waals surface area contributed by atoms with Crippen molar-refractivity contribution in [2.24, 2.45) is 5.92 Å². The third-order valence-corrected chi connectivity index (χ3v) is 5.19. The number of thiazole rings is 1. The highest BCUT2D eigenvalue weighted by atomic mass is 32.2. The van der Waals surface area contributed by atoms with Crippen molar-refractivity contribution in [3.63, 3.8) is 0 Å². The second kappa shape index (κ2) is 4.59. The molecule has 0 amide bonds. The second-order valence-electron chi connectivity index (χ2n) is 3.88. The summed E-state index contributed by atoms with van der Waals surface area (Å²) in [5.41, 5.74) is 1.67. The van der Waals surface area contributed by atoms with E-state index in [2.05, 4.69) is 10.3 Å². The number of aromatic nitrogens is 1. The van der Waals surface area contributed by atoms with Gasteiger partial charge in [-0.1, -0.05) is 0 Å². The van der Waals surface area contributed by atoms with Gasteiger partial charge in [-0.3, -0.25) is 4.98 Å². The van der Waals surface area contributed by atoms with Crippen molar-refractivity contribution < 1.29 is 8.42 Å². The minimum absolute atomic E-state index is 0.147. The van der Waals surface area contributed by atoms with Gasteiger partial charge in [-0.15, -0.1) is 11.3 Å². The molecule has 1 saturated heterocycles. The van der Waals surface area contributed by atoms with E-state index < -0.39 is 9.84 Å². The fourth-order valence-corrected chi connectivity index (χ4v) is 4.62. The van der Waals surface area contributed by atoms with Crippen LogP contribution in [-0.4, -0.2) is 32.2 Å². The summed E-state index contributed by atoms with van der Waals surface area (Å²) in [5, 5.41) is 3.18. The molecule has 1 N–H and O–H groups in total. The number of hydrogen-bond donors (Lipinski definition) is 1. The SMILES string of the molecule is O=S(=O)(Cc1cncs1)CC1CCNC1. The quantitative estimate of drug-likeness (QED) is 0.848. The monoisotopic (exact) mass is 246 g/mol. The molecule has 0 aromatic carbocycles. The fourth-order valence-electron chi connectivity index (χ4n) is 1.80. The summed E-state index contributed by atoms with van der Waals surface area (Å²) in [6.07, 6.45) is 2.61. The Morgan fingerprint density at radius 2 is 2.47 bits per heavy atom. The molecule has 1 aromatic rings. The van der Waals surface area contributed by atoms with E-state index in [1.165, 1.54) is 11.3 Å². The number of nitrogens with one attached hydrogen (secondary N) is 1. The zero-order valence-electron chi connectivity index (χ0n) is 8.35. The minimum atomic E-state index is -2.96. The zero-order chi connectivity index (χ0) is 10.7. The molecule has 1 fully saturated rings. The van der Waals surface area contributed by atoms with Gasteiger partial charge in [0.05, 0.1) is 17.0 Å². The molecule has 2 heterocycles. The van der Waals surface area contributed by atoms with Crippen LogP contribution in [0.2, 0.25) is 0 Å². The average molecular weight is 246 g/mol. The van der Waals surface area contributed by atoms with Gasteiger partial charge in [0.25, 0.3) is 0 Å². The second-order valence-corrected chi connectivity index (χ2v) is 6.96. The van der Waals surface area contributed by atoms with Crippen LogP contribution in [0.3, 0.4) is 0 Å². The molecule has 0 bridgehead atoms. The molecule has 15 heavy (non-hydrogen) atoms. The Morgan fingerprint density at radius 3 is 3.07 bits per heavy atom. The van der Waals surface area contributed by atoms with E-state index in [4.69, 9.17) is 0 Å². The molecule has 1 aliphatic heterocycles. The standard InChI is InChI=1S/C9H14N2O2S2/c12-15(13,5-8-1-2-10-3-8)6-9-4-11-7-14-9/h4,7-8,10H,1-3,5-6H2. The average Bonchev–Trinajstić information content (AvgIpc) is 2.75. The van der Waals surface area contributed by atoms with Crippen LogP contribution in [0, 0.1) is 5.92 Å². The molecule has 0 aliphatic carbocycles. The first-order valence-electron chi connectivity index (χ1n) is 4.94. The van der Waals surface area contributed by atoms with Gasteiger partial charge in [0.2, 0.25) is 0 Å². The fraction of sp³-hybridized carbons (Fsp3) is 0.667. The smallest absolute Gasteiger partial charge is 0.155 e. The highest BCUT2D eigenvalue weighted by Gasteiger charge is 2.22. The lowest BCUT2D eigenvalue weighted by molar-refractivity contribution is 0.570. The summed E-state index contributed by atoms with van der Waals surface area (Å²) in [4.78, 5) is 4.71. The molecule has 1 atom stereocenters. The van der Waals surface area contributed by atoms with Gasteiger partial charge >= 0.3 is 0 Å². The summed E-state index contributed by atoms with van der Waals surface area (Å²) in [7, 11) is -2.96. The first-order valence-corrected chi connectivity index (χ1v) is 7.64. The Bertz CT molecular complexity index is 394. The molecule has 84 valence electrons. The summed E-state index contributed by atoms with van der Waals surface area (Å²) in [5.74, 6) is 0.745. The predicted octanol–water partition coefficient (Wildman–Crippen LogP) is 0.667. The lowest BCUT2D eigenvalue weighted by atomic mass is 10.2. The Morgan fingerprint density at radius 1 is 1.60 bits per heavy atom. The predicted molar refractivity (Wildman–Crippen MR) is 60.6 cm³/mol. The van der Waals surface area contributed by atoms with Crippen molar-refractivity contribution in [3.8, 4) is 0 Å². The van der Waals surface area contributed by atoms with Crippen LogP contribution in [-0.2, 0) is 15.6 Å². The van der Waals surface area contributed by atoms with Crippen LogP contribution in [0.1, 0.15) is 11.3 Å². The lowest BCUT2D eigenvalue weighted by Crippen LogP contribution is -2.19. The van der Waals surface area contributed by atoms with E-state index >= 15 is 0 Å². The molecule has 1 aliphatic rings. The van der Waals surface area contributed by atoms with Crippen LogP contribution in [0.25, 0.3) is 0 Å². The maximum absolute atomic E-state index is 11.8. The Labute approximate surface area is 93.7 Å². The molecule has 4 nitrogen and oxygen atoms in total. The van der Waals surface area contributed by atoms with E-state index in [0.717, 1.165) is 24.4 Å². The van der Waals surface area contributed by atoms with E-state index in [1.807, 2.05) is 0 Å². The van der Waals surface area contributed by atoms with Crippen molar-refractivity contribution in [1.82, 2.24) is 10.3 Å². The molecular formula is C9H14N2O2S2. The lowest BCUT2D eigenvalue weighted by Gasteiger charge is -2.07. The van der Waals surface area contributed by atoms with Gasteiger partial charge in [0.1, 0.15) is 0 Å². The molecule has 2 rings (SSSR count). The van der Waals surface area contributed by atoms with Gasteiger partial charge in [-0.2, -0.15) is 0 Å². The van der Waals surface area contributed by atoms with Crippen molar-refractivity contribution in [2.75, 3.05) is 18.8 Å². The molecular weight excluding hydrogens is 232 g/mol. The molecule has 1 unspecified atom stereocenters. The van der Waals surface area contributed by atoms with Gasteiger partial charge in [0.15, 0.2) is 9.84 Å². The first-order chi connectivity index (χ1) is 7.16. The van der Waals surface area contributed by atoms with Crippen LogP contribution in [0.15, 0.2) is 11.7 Å². The van der Waals surface area contributed by atoms with Crippen molar-refractivity contribution >= 4 is 21.2 Å². The van der Waals surface area contributed by atoms with Crippen molar-refractivity contribution in [2.45, 2.75) is 12.2 Å². The van der Waals surface area contributed by atoms with E-state index in [-0.39, 0.29) is 5.75 Å². The summed E-state index contributed by atoms with van der Waals surface area (Å²) >= 11 is 1.40. The molecule has 0 saturated carbocycles. The number of nitrogens with zero attached hydrogens (tertiary/aromatic N) is 1. The molecule has 6 heteroatoms. The maximum Gasteiger partial charge on any atom is 0.155 e. The molecule has 1 aromatic heterocycles. The summed E-state index contributed by atoms with van der Waals surface area (Å²) in [6.45, 7) is 1.78. The van der Waals surface area contributed by atoms with Gasteiger partial charge in [0, 0.05) is 11.1 Å². The Balaban J connectivity index is 1.94. The van der Waals surface area contributed by atoms with Crippen molar-refractivity contribution in [3.05, 3.63) is 16.6 Å². The topological polar surface area (TPSA) is 59.1 Å².